The third-order valence-electron chi connectivity index (χ3n) is 2.27. The Morgan fingerprint density at radius 3 is 2.79 bits per heavy atom. The third kappa shape index (κ3) is 3.05. The number of nitrogens with one attached hydrogen (secondary N) is 1. The monoisotopic (exact) mass is 195 g/mol. The molecule has 0 saturated heterocycles. The van der Waals surface area contributed by atoms with Crippen molar-refractivity contribution in [1.82, 2.24) is 15.4 Å². The Balaban J connectivity index is 2.59. The van der Waals surface area contributed by atoms with Gasteiger partial charge in [0.25, 0.3) is 0 Å². The van der Waals surface area contributed by atoms with E-state index in [1.165, 1.54) is 0 Å². The second-order valence-corrected chi connectivity index (χ2v) is 3.60. The fourth-order valence-electron chi connectivity index (χ4n) is 1.29. The van der Waals surface area contributed by atoms with Gasteiger partial charge in [-0.25, -0.2) is 15.4 Å². The summed E-state index contributed by atoms with van der Waals surface area (Å²) in [4.78, 5) is 8.43. The van der Waals surface area contributed by atoms with Crippen LogP contribution in [0.15, 0.2) is 6.20 Å². The smallest absolute Gasteiger partial charge is 0.125 e. The minimum atomic E-state index is 0.107. The van der Waals surface area contributed by atoms with Crippen molar-refractivity contribution in [3.63, 3.8) is 0 Å². The second kappa shape index (κ2) is 5.02. The van der Waals surface area contributed by atoms with Crippen molar-refractivity contribution in [3.05, 3.63) is 23.3 Å². The van der Waals surface area contributed by atoms with Crippen molar-refractivity contribution in [3.8, 4) is 0 Å². The van der Waals surface area contributed by atoms with Gasteiger partial charge in [-0.05, 0) is 39.2 Å². The molecule has 1 heterocycles. The maximum absolute atomic E-state index is 8.64. The molecule has 2 N–H and O–H groups in total. The molecule has 0 spiro atoms. The predicted octanol–water partition coefficient (Wildman–Crippen LogP) is 1.39. The van der Waals surface area contributed by atoms with E-state index in [9.17, 15) is 0 Å². The van der Waals surface area contributed by atoms with Crippen LogP contribution in [0.5, 0.6) is 0 Å². The number of hydrogen-bond acceptors (Lipinski definition) is 4. The minimum absolute atomic E-state index is 0.107. The maximum atomic E-state index is 8.64. The van der Waals surface area contributed by atoms with E-state index in [1.807, 2.05) is 27.0 Å². The number of hydrogen-bond donors (Lipinski definition) is 2. The van der Waals surface area contributed by atoms with Gasteiger partial charge in [-0.2, -0.15) is 0 Å². The van der Waals surface area contributed by atoms with Crippen LogP contribution < -0.4 is 5.48 Å². The van der Waals surface area contributed by atoms with Gasteiger partial charge in [-0.3, -0.25) is 0 Å². The van der Waals surface area contributed by atoms with E-state index < -0.39 is 0 Å². The summed E-state index contributed by atoms with van der Waals surface area (Å²) in [6.45, 7) is 5.81. The van der Waals surface area contributed by atoms with Gasteiger partial charge in [0.05, 0.1) is 0 Å². The molecule has 78 valence electrons. The average Bonchev–Trinajstić information content (AvgIpc) is 2.16. The van der Waals surface area contributed by atoms with E-state index >= 15 is 0 Å². The molecule has 1 unspecified atom stereocenters. The summed E-state index contributed by atoms with van der Waals surface area (Å²) in [5.74, 6) is 0.805. The van der Waals surface area contributed by atoms with Crippen LogP contribution in [0, 0.1) is 13.8 Å². The number of aryl methyl sites for hydroxylation is 3. The Bertz CT molecular complexity index is 301. The number of aromatic nitrogens is 2. The lowest BCUT2D eigenvalue weighted by Gasteiger charge is -2.09. The first-order chi connectivity index (χ1) is 6.63. The number of nitrogens with zero attached hydrogens (tertiary/aromatic N) is 2. The van der Waals surface area contributed by atoms with Crippen LogP contribution >= 0.6 is 0 Å². The van der Waals surface area contributed by atoms with Crippen molar-refractivity contribution in [2.24, 2.45) is 0 Å². The molecule has 4 heteroatoms. The van der Waals surface area contributed by atoms with Crippen LogP contribution in [-0.2, 0) is 6.42 Å². The summed E-state index contributed by atoms with van der Waals surface area (Å²) in [6, 6.07) is 0.107. The van der Waals surface area contributed by atoms with Crippen molar-refractivity contribution in [2.45, 2.75) is 39.7 Å². The number of rotatable bonds is 4. The molecule has 14 heavy (non-hydrogen) atoms. The first-order valence-corrected chi connectivity index (χ1v) is 4.82. The quantitative estimate of drug-likeness (QED) is 0.713. The number of hydroxylamine groups is 1. The van der Waals surface area contributed by atoms with Crippen LogP contribution in [0.3, 0.4) is 0 Å². The molecule has 0 amide bonds. The molecular weight excluding hydrogens is 178 g/mol. The second-order valence-electron chi connectivity index (χ2n) is 3.60. The predicted molar refractivity (Wildman–Crippen MR) is 54.2 cm³/mol. The molecule has 0 aliphatic heterocycles. The van der Waals surface area contributed by atoms with E-state index in [1.54, 1.807) is 0 Å². The fourth-order valence-corrected chi connectivity index (χ4v) is 1.29. The molecule has 0 aromatic carbocycles. The van der Waals surface area contributed by atoms with Crippen LogP contribution in [0.2, 0.25) is 0 Å². The molecule has 0 fully saturated rings. The SMILES string of the molecule is Cc1ncc(CCC(C)NO)c(C)n1. The summed E-state index contributed by atoms with van der Waals surface area (Å²) in [6.07, 6.45) is 3.63. The largest absolute Gasteiger partial charge is 0.317 e. The molecule has 1 aromatic heterocycles. The molecule has 0 aliphatic carbocycles. The Morgan fingerprint density at radius 2 is 2.21 bits per heavy atom. The zero-order valence-electron chi connectivity index (χ0n) is 8.91. The molecule has 1 rings (SSSR count). The topological polar surface area (TPSA) is 58.0 Å². The highest BCUT2D eigenvalue weighted by Crippen LogP contribution is 2.08. The molecular formula is C10H17N3O. The van der Waals surface area contributed by atoms with Gasteiger partial charge in [0.1, 0.15) is 5.82 Å². The molecule has 1 aromatic rings. The Labute approximate surface area is 84.4 Å². The van der Waals surface area contributed by atoms with Crippen molar-refractivity contribution in [2.75, 3.05) is 0 Å². The molecule has 4 nitrogen and oxygen atoms in total. The summed E-state index contributed by atoms with van der Waals surface area (Å²) >= 11 is 0. The van der Waals surface area contributed by atoms with Crippen LogP contribution in [0.4, 0.5) is 0 Å². The van der Waals surface area contributed by atoms with Crippen LogP contribution in [0.1, 0.15) is 30.4 Å². The zero-order valence-corrected chi connectivity index (χ0v) is 8.91. The first kappa shape index (κ1) is 11.1. The zero-order chi connectivity index (χ0) is 10.6. The highest BCUT2D eigenvalue weighted by atomic mass is 16.5. The van der Waals surface area contributed by atoms with Crippen molar-refractivity contribution in [1.29, 1.82) is 0 Å². The molecule has 0 saturated carbocycles. The van der Waals surface area contributed by atoms with Crippen LogP contribution in [-0.4, -0.2) is 21.2 Å². The standard InChI is InChI=1S/C10H17N3O/c1-7(13-14)4-5-10-6-11-9(3)12-8(10)2/h6-7,13-14H,4-5H2,1-3H3. The lowest BCUT2D eigenvalue weighted by molar-refractivity contribution is 0.129. The Hall–Kier alpha value is -1.00. The van der Waals surface area contributed by atoms with E-state index in [0.717, 1.165) is 29.9 Å². The van der Waals surface area contributed by atoms with Gasteiger partial charge in [-0.1, -0.05) is 0 Å². The van der Waals surface area contributed by atoms with E-state index in [4.69, 9.17) is 5.21 Å². The highest BCUT2D eigenvalue weighted by Gasteiger charge is 2.04. The maximum Gasteiger partial charge on any atom is 0.125 e. The lowest BCUT2D eigenvalue weighted by Crippen LogP contribution is -2.22. The van der Waals surface area contributed by atoms with Crippen molar-refractivity contribution >= 4 is 0 Å². The van der Waals surface area contributed by atoms with Crippen molar-refractivity contribution < 1.29 is 5.21 Å². The Morgan fingerprint density at radius 1 is 1.50 bits per heavy atom. The Kier molecular flexibility index (Phi) is 3.98. The molecule has 0 radical (unpaired) electrons. The van der Waals surface area contributed by atoms with Gasteiger partial charge in [-0.15, -0.1) is 0 Å². The average molecular weight is 195 g/mol. The van der Waals surface area contributed by atoms with E-state index in [2.05, 4.69) is 15.4 Å². The van der Waals surface area contributed by atoms with Gasteiger partial charge >= 0.3 is 0 Å². The fraction of sp³-hybridized carbons (Fsp3) is 0.600. The molecule has 0 aliphatic rings. The van der Waals surface area contributed by atoms with Crippen LogP contribution in [0.25, 0.3) is 0 Å². The molecule has 1 atom stereocenters. The minimum Gasteiger partial charge on any atom is -0.317 e. The van der Waals surface area contributed by atoms with Gasteiger partial charge in [0.2, 0.25) is 0 Å². The highest BCUT2D eigenvalue weighted by molar-refractivity contribution is 5.16. The first-order valence-electron chi connectivity index (χ1n) is 4.82. The summed E-state index contributed by atoms with van der Waals surface area (Å²) in [7, 11) is 0. The normalized spacial score (nSPS) is 12.9. The van der Waals surface area contributed by atoms with E-state index in [-0.39, 0.29) is 6.04 Å². The summed E-state index contributed by atoms with van der Waals surface area (Å²) < 4.78 is 0. The third-order valence-corrected chi connectivity index (χ3v) is 2.27. The summed E-state index contributed by atoms with van der Waals surface area (Å²) in [5.41, 5.74) is 4.41. The molecule has 0 bridgehead atoms. The van der Waals surface area contributed by atoms with Gasteiger partial charge in [0.15, 0.2) is 0 Å². The lowest BCUT2D eigenvalue weighted by atomic mass is 10.1. The van der Waals surface area contributed by atoms with Gasteiger partial charge < -0.3 is 5.21 Å². The van der Waals surface area contributed by atoms with Gasteiger partial charge in [0, 0.05) is 17.9 Å². The van der Waals surface area contributed by atoms with E-state index in [0.29, 0.717) is 0 Å². The summed E-state index contributed by atoms with van der Waals surface area (Å²) in [5, 5.41) is 8.64.